The molecule has 2 aliphatic rings. The van der Waals surface area contributed by atoms with Crippen molar-refractivity contribution in [2.45, 2.75) is 25.9 Å². The number of carbonyl (C=O) groups excluding carboxylic acids is 3. The van der Waals surface area contributed by atoms with E-state index in [1.165, 1.54) is 0 Å². The highest BCUT2D eigenvalue weighted by molar-refractivity contribution is 6.16. The lowest BCUT2D eigenvalue weighted by Gasteiger charge is -2.39. The lowest BCUT2D eigenvalue weighted by molar-refractivity contribution is -0.162. The Bertz CT molecular complexity index is 911. The molecule has 138 valence electrons. The van der Waals surface area contributed by atoms with Gasteiger partial charge in [0.25, 0.3) is 0 Å². The monoisotopic (exact) mass is 364 g/mol. The zero-order valence-electron chi connectivity index (χ0n) is 15.0. The Labute approximate surface area is 157 Å². The molecule has 4 rings (SSSR count). The fourth-order valence-corrected chi connectivity index (χ4v) is 4.06. The Morgan fingerprint density at radius 1 is 1.15 bits per heavy atom. The van der Waals surface area contributed by atoms with E-state index in [0.29, 0.717) is 12.2 Å². The van der Waals surface area contributed by atoms with E-state index in [9.17, 15) is 14.4 Å². The van der Waals surface area contributed by atoms with Crippen molar-refractivity contribution >= 4 is 23.5 Å². The molecule has 2 aromatic carbocycles. The number of rotatable bonds is 4. The first-order valence-corrected chi connectivity index (χ1v) is 8.99. The standard InChI is InChI=1S/C21H20N2O4/c1-2-27-20(26)21-12-17(24)23(13-14-8-4-3-5-9-14)18(21)15-10-6-7-11-16(15)22-19(21)25/h3-11,18H,2,12-13H2,1H3,(H,22,25)/t18-,21+/m1/s1. The predicted molar refractivity (Wildman–Crippen MR) is 98.5 cm³/mol. The number of esters is 1. The second kappa shape index (κ2) is 6.54. The van der Waals surface area contributed by atoms with Crippen LogP contribution < -0.4 is 5.32 Å². The van der Waals surface area contributed by atoms with Crippen molar-refractivity contribution in [3.63, 3.8) is 0 Å². The molecule has 1 N–H and O–H groups in total. The molecule has 2 heterocycles. The average molecular weight is 364 g/mol. The van der Waals surface area contributed by atoms with E-state index in [1.54, 1.807) is 17.9 Å². The molecule has 2 amide bonds. The van der Waals surface area contributed by atoms with Crippen LogP contribution in [0, 0.1) is 5.41 Å². The van der Waals surface area contributed by atoms with Gasteiger partial charge in [0, 0.05) is 12.2 Å². The lowest BCUT2D eigenvalue weighted by Crippen LogP contribution is -2.51. The molecule has 2 aliphatic heterocycles. The molecule has 1 fully saturated rings. The van der Waals surface area contributed by atoms with Crippen LogP contribution >= 0.6 is 0 Å². The number of nitrogens with zero attached hydrogens (tertiary/aromatic N) is 1. The maximum Gasteiger partial charge on any atom is 0.324 e. The van der Waals surface area contributed by atoms with Gasteiger partial charge in [0.15, 0.2) is 5.41 Å². The smallest absolute Gasteiger partial charge is 0.324 e. The van der Waals surface area contributed by atoms with Crippen molar-refractivity contribution in [1.82, 2.24) is 4.90 Å². The number of hydrogen-bond acceptors (Lipinski definition) is 4. The van der Waals surface area contributed by atoms with Gasteiger partial charge in [-0.25, -0.2) is 0 Å². The Kier molecular flexibility index (Phi) is 4.18. The van der Waals surface area contributed by atoms with Gasteiger partial charge in [-0.2, -0.15) is 0 Å². The van der Waals surface area contributed by atoms with Crippen molar-refractivity contribution in [2.75, 3.05) is 11.9 Å². The quantitative estimate of drug-likeness (QED) is 0.668. The second-order valence-corrected chi connectivity index (χ2v) is 6.82. The number of carbonyl (C=O) groups is 3. The first kappa shape index (κ1) is 17.3. The van der Waals surface area contributed by atoms with E-state index < -0.39 is 23.3 Å². The van der Waals surface area contributed by atoms with Crippen LogP contribution in [0.15, 0.2) is 54.6 Å². The summed E-state index contributed by atoms with van der Waals surface area (Å²) in [7, 11) is 0. The summed E-state index contributed by atoms with van der Waals surface area (Å²) in [5.74, 6) is -1.36. The molecule has 0 radical (unpaired) electrons. The van der Waals surface area contributed by atoms with Crippen LogP contribution in [0.3, 0.4) is 0 Å². The normalized spacial score (nSPS) is 23.4. The van der Waals surface area contributed by atoms with Crippen LogP contribution in [0.1, 0.15) is 30.5 Å². The SMILES string of the molecule is CCOC(=O)[C@@]12CC(=O)N(Cc3ccccc3)[C@@H]1c1ccccc1NC2=O. The van der Waals surface area contributed by atoms with Gasteiger partial charge in [-0.3, -0.25) is 14.4 Å². The Morgan fingerprint density at radius 3 is 2.59 bits per heavy atom. The van der Waals surface area contributed by atoms with Crippen molar-refractivity contribution in [2.24, 2.45) is 5.41 Å². The molecule has 27 heavy (non-hydrogen) atoms. The predicted octanol–water partition coefficient (Wildman–Crippen LogP) is 2.66. The molecule has 6 heteroatoms. The number of hydrogen-bond donors (Lipinski definition) is 1. The molecule has 2 aromatic rings. The maximum atomic E-state index is 13.0. The third kappa shape index (κ3) is 2.60. The largest absolute Gasteiger partial charge is 0.465 e. The van der Waals surface area contributed by atoms with Gasteiger partial charge in [-0.1, -0.05) is 48.5 Å². The molecule has 1 saturated heterocycles. The zero-order valence-corrected chi connectivity index (χ0v) is 15.0. The Hall–Kier alpha value is -3.15. The van der Waals surface area contributed by atoms with E-state index in [4.69, 9.17) is 4.74 Å². The molecule has 0 saturated carbocycles. The Morgan fingerprint density at radius 2 is 1.85 bits per heavy atom. The van der Waals surface area contributed by atoms with Crippen molar-refractivity contribution < 1.29 is 19.1 Å². The highest BCUT2D eigenvalue weighted by Crippen LogP contribution is 2.54. The van der Waals surface area contributed by atoms with Gasteiger partial charge in [-0.15, -0.1) is 0 Å². The number of likely N-dealkylation sites (tertiary alicyclic amines) is 1. The van der Waals surface area contributed by atoms with Gasteiger partial charge in [0.05, 0.1) is 19.1 Å². The van der Waals surface area contributed by atoms with Crippen molar-refractivity contribution in [3.05, 3.63) is 65.7 Å². The lowest BCUT2D eigenvalue weighted by atomic mass is 9.73. The summed E-state index contributed by atoms with van der Waals surface area (Å²) in [6.45, 7) is 2.17. The highest BCUT2D eigenvalue weighted by atomic mass is 16.5. The number of ether oxygens (including phenoxy) is 1. The van der Waals surface area contributed by atoms with E-state index in [0.717, 1.165) is 11.1 Å². The van der Waals surface area contributed by atoms with Gasteiger partial charge in [0.1, 0.15) is 0 Å². The number of fused-ring (bicyclic) bond motifs is 3. The first-order valence-electron chi connectivity index (χ1n) is 8.99. The van der Waals surface area contributed by atoms with Crippen LogP contribution in [0.4, 0.5) is 5.69 Å². The number of para-hydroxylation sites is 1. The van der Waals surface area contributed by atoms with Crippen LogP contribution in [-0.4, -0.2) is 29.3 Å². The summed E-state index contributed by atoms with van der Waals surface area (Å²) in [6.07, 6.45) is -0.191. The third-order valence-corrected chi connectivity index (χ3v) is 5.27. The van der Waals surface area contributed by atoms with E-state index in [2.05, 4.69) is 5.32 Å². The molecular weight excluding hydrogens is 344 g/mol. The fourth-order valence-electron chi connectivity index (χ4n) is 4.06. The molecule has 0 unspecified atom stereocenters. The zero-order chi connectivity index (χ0) is 19.0. The van der Waals surface area contributed by atoms with Crippen LogP contribution in [-0.2, 0) is 25.7 Å². The summed E-state index contributed by atoms with van der Waals surface area (Å²) in [6, 6.07) is 16.2. The summed E-state index contributed by atoms with van der Waals surface area (Å²) >= 11 is 0. The number of amides is 2. The summed E-state index contributed by atoms with van der Waals surface area (Å²) in [4.78, 5) is 40.5. The van der Waals surface area contributed by atoms with Gasteiger partial charge in [-0.05, 0) is 24.1 Å². The molecule has 0 aliphatic carbocycles. The molecule has 6 nitrogen and oxygen atoms in total. The number of benzene rings is 2. The van der Waals surface area contributed by atoms with Gasteiger partial charge < -0.3 is 15.0 Å². The Balaban J connectivity index is 1.85. The summed E-state index contributed by atoms with van der Waals surface area (Å²) in [5.41, 5.74) is 0.761. The molecule has 2 atom stereocenters. The van der Waals surface area contributed by atoms with E-state index in [1.807, 2.05) is 48.5 Å². The van der Waals surface area contributed by atoms with E-state index in [-0.39, 0.29) is 18.9 Å². The number of anilines is 1. The maximum absolute atomic E-state index is 13.0. The minimum atomic E-state index is -1.56. The minimum absolute atomic E-state index is 0.148. The first-order chi connectivity index (χ1) is 13.1. The average Bonchev–Trinajstić information content (AvgIpc) is 2.97. The number of nitrogens with one attached hydrogen (secondary N) is 1. The molecule has 0 spiro atoms. The van der Waals surface area contributed by atoms with Crippen LogP contribution in [0.25, 0.3) is 0 Å². The van der Waals surface area contributed by atoms with Crippen LogP contribution in [0.5, 0.6) is 0 Å². The molecular formula is C21H20N2O4. The van der Waals surface area contributed by atoms with Crippen molar-refractivity contribution in [1.29, 1.82) is 0 Å². The van der Waals surface area contributed by atoms with Crippen LogP contribution in [0.2, 0.25) is 0 Å². The second-order valence-electron chi connectivity index (χ2n) is 6.82. The minimum Gasteiger partial charge on any atom is -0.465 e. The topological polar surface area (TPSA) is 75.7 Å². The van der Waals surface area contributed by atoms with Gasteiger partial charge >= 0.3 is 5.97 Å². The highest BCUT2D eigenvalue weighted by Gasteiger charge is 2.65. The third-order valence-electron chi connectivity index (χ3n) is 5.27. The molecule has 0 bridgehead atoms. The van der Waals surface area contributed by atoms with Crippen molar-refractivity contribution in [3.8, 4) is 0 Å². The fraction of sp³-hybridized carbons (Fsp3) is 0.286. The summed E-state index contributed by atoms with van der Waals surface area (Å²) in [5, 5.41) is 2.80. The van der Waals surface area contributed by atoms with Gasteiger partial charge in [0.2, 0.25) is 11.8 Å². The molecule has 0 aromatic heterocycles. The van der Waals surface area contributed by atoms with E-state index >= 15 is 0 Å². The summed E-state index contributed by atoms with van der Waals surface area (Å²) < 4.78 is 5.24.